The summed E-state index contributed by atoms with van der Waals surface area (Å²) in [6.07, 6.45) is 4.70. The van der Waals surface area contributed by atoms with Crippen molar-refractivity contribution < 1.29 is 14.1 Å². The highest BCUT2D eigenvalue weighted by Crippen LogP contribution is 2.26. The van der Waals surface area contributed by atoms with E-state index in [9.17, 15) is 19.3 Å². The van der Waals surface area contributed by atoms with E-state index in [1.165, 1.54) is 49.0 Å². The molecule has 0 aliphatic carbocycles. The van der Waals surface area contributed by atoms with Crippen LogP contribution < -0.4 is 10.3 Å². The smallest absolute Gasteiger partial charge is 0.271 e. The zero-order valence-electron chi connectivity index (χ0n) is 14.6. The van der Waals surface area contributed by atoms with Crippen molar-refractivity contribution in [1.82, 2.24) is 5.43 Å². The minimum atomic E-state index is -0.490. The molecule has 1 aliphatic heterocycles. The number of nitrogens with zero attached hydrogens (tertiary/aromatic N) is 3. The predicted molar refractivity (Wildman–Crippen MR) is 101 cm³/mol. The predicted octanol–water partition coefficient (Wildman–Crippen LogP) is 3.49. The van der Waals surface area contributed by atoms with Crippen LogP contribution in [0.25, 0.3) is 0 Å². The quantitative estimate of drug-likeness (QED) is 0.496. The molecule has 1 aliphatic rings. The molecular weight excluding hydrogens is 351 g/mol. The minimum absolute atomic E-state index is 0.0397. The van der Waals surface area contributed by atoms with Crippen LogP contribution in [0.15, 0.2) is 47.6 Å². The summed E-state index contributed by atoms with van der Waals surface area (Å²) in [6, 6.07) is 9.71. The van der Waals surface area contributed by atoms with Gasteiger partial charge in [-0.3, -0.25) is 14.9 Å². The number of benzene rings is 2. The molecular formula is C19H19FN4O3. The maximum absolute atomic E-state index is 12.9. The van der Waals surface area contributed by atoms with Gasteiger partial charge in [0, 0.05) is 42.0 Å². The fourth-order valence-electron chi connectivity index (χ4n) is 3.01. The molecule has 8 heteroatoms. The summed E-state index contributed by atoms with van der Waals surface area (Å²) in [5.41, 5.74) is 4.00. The number of nitro groups is 1. The molecule has 2 aromatic rings. The number of carbonyl (C=O) groups is 1. The lowest BCUT2D eigenvalue weighted by molar-refractivity contribution is -0.384. The van der Waals surface area contributed by atoms with Crippen LogP contribution in [-0.4, -0.2) is 30.1 Å². The maximum atomic E-state index is 12.9. The first-order chi connectivity index (χ1) is 13.0. The number of carbonyl (C=O) groups excluding carboxylic acids is 1. The van der Waals surface area contributed by atoms with Crippen LogP contribution in [0.4, 0.5) is 15.8 Å². The number of non-ortho nitro benzene ring substituents is 1. The Morgan fingerprint density at radius 3 is 2.52 bits per heavy atom. The van der Waals surface area contributed by atoms with E-state index in [2.05, 4.69) is 15.4 Å². The molecule has 1 saturated heterocycles. The van der Waals surface area contributed by atoms with Gasteiger partial charge in [0.25, 0.3) is 11.6 Å². The van der Waals surface area contributed by atoms with Crippen molar-refractivity contribution in [2.75, 3.05) is 18.0 Å². The monoisotopic (exact) mass is 370 g/mol. The summed E-state index contributed by atoms with van der Waals surface area (Å²) in [6.45, 7) is 1.75. The highest BCUT2D eigenvalue weighted by molar-refractivity contribution is 5.95. The second-order valence-electron chi connectivity index (χ2n) is 6.25. The summed E-state index contributed by atoms with van der Waals surface area (Å²) >= 11 is 0. The van der Waals surface area contributed by atoms with E-state index in [1.807, 2.05) is 0 Å². The van der Waals surface area contributed by atoms with Gasteiger partial charge in [-0.25, -0.2) is 9.82 Å². The van der Waals surface area contributed by atoms with Gasteiger partial charge in [0.05, 0.1) is 11.1 Å². The number of anilines is 1. The molecule has 2 aromatic carbocycles. The molecule has 0 radical (unpaired) electrons. The lowest BCUT2D eigenvalue weighted by Crippen LogP contribution is -2.30. The second-order valence-corrected chi connectivity index (χ2v) is 6.25. The van der Waals surface area contributed by atoms with Gasteiger partial charge in [-0.2, -0.15) is 5.10 Å². The molecule has 0 atom stereocenters. The topological polar surface area (TPSA) is 87.8 Å². The van der Waals surface area contributed by atoms with Gasteiger partial charge in [0.2, 0.25) is 0 Å². The molecule has 27 heavy (non-hydrogen) atoms. The van der Waals surface area contributed by atoms with Gasteiger partial charge in [-0.05, 0) is 49.6 Å². The van der Waals surface area contributed by atoms with Crippen LogP contribution in [0, 0.1) is 15.9 Å². The van der Waals surface area contributed by atoms with Crippen LogP contribution in [0.3, 0.4) is 0 Å². The Labute approximate surface area is 155 Å². The molecule has 1 N–H and O–H groups in total. The Bertz CT molecular complexity index is 862. The van der Waals surface area contributed by atoms with Gasteiger partial charge in [-0.15, -0.1) is 0 Å². The largest absolute Gasteiger partial charge is 0.371 e. The van der Waals surface area contributed by atoms with Crippen molar-refractivity contribution in [1.29, 1.82) is 0 Å². The molecule has 1 fully saturated rings. The minimum Gasteiger partial charge on any atom is -0.371 e. The normalized spacial score (nSPS) is 14.3. The molecule has 0 bridgehead atoms. The number of hydrogen-bond acceptors (Lipinski definition) is 5. The Morgan fingerprint density at radius 1 is 1.15 bits per heavy atom. The van der Waals surface area contributed by atoms with Crippen LogP contribution in [0.2, 0.25) is 0 Å². The van der Waals surface area contributed by atoms with Crippen molar-refractivity contribution in [2.24, 2.45) is 5.10 Å². The fourth-order valence-corrected chi connectivity index (χ4v) is 3.01. The number of amides is 1. The van der Waals surface area contributed by atoms with Crippen molar-refractivity contribution in [3.8, 4) is 0 Å². The molecule has 0 saturated carbocycles. The van der Waals surface area contributed by atoms with Crippen LogP contribution >= 0.6 is 0 Å². The Morgan fingerprint density at radius 2 is 1.85 bits per heavy atom. The first kappa shape index (κ1) is 18.5. The average molecular weight is 370 g/mol. The number of piperidine rings is 1. The van der Waals surface area contributed by atoms with Crippen LogP contribution in [0.5, 0.6) is 0 Å². The average Bonchev–Trinajstić information content (AvgIpc) is 2.69. The van der Waals surface area contributed by atoms with Gasteiger partial charge < -0.3 is 4.90 Å². The number of rotatable bonds is 5. The number of nitro benzene ring substituents is 1. The van der Waals surface area contributed by atoms with Gasteiger partial charge in [0.15, 0.2) is 0 Å². The van der Waals surface area contributed by atoms with Crippen LogP contribution in [0.1, 0.15) is 35.2 Å². The van der Waals surface area contributed by atoms with Gasteiger partial charge in [-0.1, -0.05) is 0 Å². The third kappa shape index (κ3) is 4.66. The van der Waals surface area contributed by atoms with Crippen molar-refractivity contribution in [3.05, 3.63) is 69.5 Å². The van der Waals surface area contributed by atoms with Gasteiger partial charge in [0.1, 0.15) is 5.82 Å². The molecule has 1 heterocycles. The molecule has 140 valence electrons. The third-order valence-electron chi connectivity index (χ3n) is 4.39. The highest BCUT2D eigenvalue weighted by atomic mass is 19.1. The van der Waals surface area contributed by atoms with E-state index in [1.54, 1.807) is 6.07 Å². The standard InChI is InChI=1S/C19H19FN4O3/c20-16-6-4-14(5-7-16)19(25)22-21-13-15-12-17(24(26)27)8-9-18(15)23-10-2-1-3-11-23/h4-9,12-13H,1-3,10-11H2,(H,22,25)/b21-13-. The summed E-state index contributed by atoms with van der Waals surface area (Å²) in [4.78, 5) is 24.8. The Hall–Kier alpha value is -3.29. The van der Waals surface area contributed by atoms with E-state index >= 15 is 0 Å². The number of hydrazone groups is 1. The molecule has 1 amide bonds. The number of nitrogens with one attached hydrogen (secondary N) is 1. The van der Waals surface area contributed by atoms with E-state index < -0.39 is 16.6 Å². The Kier molecular flexibility index (Phi) is 5.75. The lowest BCUT2D eigenvalue weighted by atomic mass is 10.1. The van der Waals surface area contributed by atoms with Gasteiger partial charge >= 0.3 is 0 Å². The Balaban J connectivity index is 1.79. The molecule has 7 nitrogen and oxygen atoms in total. The van der Waals surface area contributed by atoms with E-state index in [4.69, 9.17) is 0 Å². The second kappa shape index (κ2) is 8.39. The lowest BCUT2D eigenvalue weighted by Gasteiger charge is -2.29. The molecule has 3 rings (SSSR count). The maximum Gasteiger partial charge on any atom is 0.271 e. The van der Waals surface area contributed by atoms with E-state index in [0.29, 0.717) is 5.56 Å². The summed E-state index contributed by atoms with van der Waals surface area (Å²) in [5.74, 6) is -0.922. The summed E-state index contributed by atoms with van der Waals surface area (Å²) in [7, 11) is 0. The van der Waals surface area contributed by atoms with Crippen LogP contribution in [-0.2, 0) is 0 Å². The SMILES string of the molecule is O=C(N/N=C\c1cc([N+](=O)[O-])ccc1N1CCCCC1)c1ccc(F)cc1. The number of halogens is 1. The fraction of sp³-hybridized carbons (Fsp3) is 0.263. The van der Waals surface area contributed by atoms with Crippen molar-refractivity contribution in [3.63, 3.8) is 0 Å². The summed E-state index contributed by atoms with van der Waals surface area (Å²) in [5, 5.41) is 15.0. The van der Waals surface area contributed by atoms with Crippen molar-refractivity contribution in [2.45, 2.75) is 19.3 Å². The van der Waals surface area contributed by atoms with E-state index in [0.717, 1.165) is 31.6 Å². The van der Waals surface area contributed by atoms with Crippen molar-refractivity contribution >= 4 is 23.5 Å². The van der Waals surface area contributed by atoms with E-state index in [-0.39, 0.29) is 11.3 Å². The molecule has 0 aromatic heterocycles. The zero-order chi connectivity index (χ0) is 19.2. The third-order valence-corrected chi connectivity index (χ3v) is 4.39. The molecule has 0 unspecified atom stereocenters. The number of hydrogen-bond donors (Lipinski definition) is 1. The first-order valence-corrected chi connectivity index (χ1v) is 8.67. The molecule has 0 spiro atoms. The first-order valence-electron chi connectivity index (χ1n) is 8.67. The zero-order valence-corrected chi connectivity index (χ0v) is 14.6. The highest BCUT2D eigenvalue weighted by Gasteiger charge is 2.17. The summed E-state index contributed by atoms with van der Waals surface area (Å²) < 4.78 is 12.9.